The molecule has 2 aromatic rings. The fourth-order valence-electron chi connectivity index (χ4n) is 2.70. The maximum Gasteiger partial charge on any atom is 0.120 e. The molecule has 3 heteroatoms. The molecular weight excluding hydrogens is 270 g/mol. The van der Waals surface area contributed by atoms with Gasteiger partial charge in [0.1, 0.15) is 5.75 Å². The number of rotatable bonds is 3. The van der Waals surface area contributed by atoms with Gasteiger partial charge in [-0.2, -0.15) is 0 Å². The fourth-order valence-corrected chi connectivity index (χ4v) is 2.90. The topological polar surface area (TPSA) is 32.3 Å². The highest BCUT2D eigenvalue weighted by atomic mass is 35.5. The third-order valence-electron chi connectivity index (χ3n) is 4.04. The standard InChI is InChI=1S/C17H18ClNO/c1-11-5-6-15(10-17(11)20)19-16-8-13(9-16)12-3-2-4-14(18)7-12/h2-7,10,13,16,19-20H,8-9H2,1H3. The van der Waals surface area contributed by atoms with Gasteiger partial charge in [-0.15, -0.1) is 0 Å². The quantitative estimate of drug-likeness (QED) is 0.857. The molecule has 1 aliphatic rings. The number of aromatic hydroxyl groups is 1. The molecule has 2 nitrogen and oxygen atoms in total. The number of hydrogen-bond acceptors (Lipinski definition) is 2. The number of benzene rings is 2. The van der Waals surface area contributed by atoms with Crippen molar-refractivity contribution in [3.05, 3.63) is 58.6 Å². The normalized spacial score (nSPS) is 21.3. The summed E-state index contributed by atoms with van der Waals surface area (Å²) in [4.78, 5) is 0. The van der Waals surface area contributed by atoms with E-state index in [1.807, 2.05) is 31.2 Å². The van der Waals surface area contributed by atoms with E-state index in [4.69, 9.17) is 11.6 Å². The first-order chi connectivity index (χ1) is 9.61. The minimum atomic E-state index is 0.348. The van der Waals surface area contributed by atoms with Crippen LogP contribution < -0.4 is 5.32 Å². The molecule has 20 heavy (non-hydrogen) atoms. The average Bonchev–Trinajstić information content (AvgIpc) is 2.37. The predicted molar refractivity (Wildman–Crippen MR) is 83.7 cm³/mol. The Labute approximate surface area is 124 Å². The summed E-state index contributed by atoms with van der Waals surface area (Å²) in [6.07, 6.45) is 2.21. The average molecular weight is 288 g/mol. The monoisotopic (exact) mass is 287 g/mol. The van der Waals surface area contributed by atoms with Gasteiger partial charge in [-0.3, -0.25) is 0 Å². The van der Waals surface area contributed by atoms with E-state index >= 15 is 0 Å². The van der Waals surface area contributed by atoms with Gasteiger partial charge in [-0.05, 0) is 55.0 Å². The van der Waals surface area contributed by atoms with Crippen molar-refractivity contribution in [2.24, 2.45) is 0 Å². The Bertz CT molecular complexity index is 620. The summed E-state index contributed by atoms with van der Waals surface area (Å²) in [6, 6.07) is 14.3. The van der Waals surface area contributed by atoms with Crippen LogP contribution in [0.3, 0.4) is 0 Å². The molecular formula is C17H18ClNO. The Kier molecular flexibility index (Phi) is 3.58. The smallest absolute Gasteiger partial charge is 0.120 e. The van der Waals surface area contributed by atoms with Crippen LogP contribution in [0.5, 0.6) is 5.75 Å². The molecule has 0 heterocycles. The lowest BCUT2D eigenvalue weighted by Gasteiger charge is -2.37. The molecule has 0 saturated heterocycles. The Hall–Kier alpha value is -1.67. The van der Waals surface area contributed by atoms with Crippen molar-refractivity contribution in [2.45, 2.75) is 31.7 Å². The van der Waals surface area contributed by atoms with E-state index in [2.05, 4.69) is 17.4 Å². The van der Waals surface area contributed by atoms with E-state index in [9.17, 15) is 5.11 Å². The van der Waals surface area contributed by atoms with Crippen LogP contribution in [0.15, 0.2) is 42.5 Å². The van der Waals surface area contributed by atoms with Crippen molar-refractivity contribution >= 4 is 17.3 Å². The van der Waals surface area contributed by atoms with E-state index in [1.54, 1.807) is 6.07 Å². The Morgan fingerprint density at radius 3 is 2.65 bits per heavy atom. The summed E-state index contributed by atoms with van der Waals surface area (Å²) < 4.78 is 0. The molecule has 0 aromatic heterocycles. The molecule has 1 saturated carbocycles. The number of nitrogens with one attached hydrogen (secondary N) is 1. The van der Waals surface area contributed by atoms with Crippen LogP contribution in [0.4, 0.5) is 5.69 Å². The second kappa shape index (κ2) is 5.37. The highest BCUT2D eigenvalue weighted by Crippen LogP contribution is 2.39. The summed E-state index contributed by atoms with van der Waals surface area (Å²) in [5.41, 5.74) is 3.21. The van der Waals surface area contributed by atoms with E-state index in [1.165, 1.54) is 5.56 Å². The molecule has 0 spiro atoms. The Morgan fingerprint density at radius 1 is 1.15 bits per heavy atom. The fraction of sp³-hybridized carbons (Fsp3) is 0.294. The zero-order valence-electron chi connectivity index (χ0n) is 11.4. The lowest BCUT2D eigenvalue weighted by molar-refractivity contribution is 0.374. The number of phenolic OH excluding ortho intramolecular Hbond substituents is 1. The molecule has 104 valence electrons. The molecule has 0 aliphatic heterocycles. The van der Waals surface area contributed by atoms with Gasteiger partial charge in [0.15, 0.2) is 0 Å². The summed E-state index contributed by atoms with van der Waals surface area (Å²) in [7, 11) is 0. The SMILES string of the molecule is Cc1ccc(NC2CC(c3cccc(Cl)c3)C2)cc1O. The molecule has 0 bridgehead atoms. The van der Waals surface area contributed by atoms with Gasteiger partial charge in [0.05, 0.1) is 0 Å². The maximum atomic E-state index is 9.71. The van der Waals surface area contributed by atoms with Crippen LogP contribution in [-0.4, -0.2) is 11.1 Å². The van der Waals surface area contributed by atoms with Crippen LogP contribution >= 0.6 is 11.6 Å². The van der Waals surface area contributed by atoms with Crippen LogP contribution in [-0.2, 0) is 0 Å². The first-order valence-electron chi connectivity index (χ1n) is 6.93. The predicted octanol–water partition coefficient (Wildman–Crippen LogP) is 4.71. The molecule has 2 N–H and O–H groups in total. The van der Waals surface area contributed by atoms with Gasteiger partial charge in [-0.1, -0.05) is 29.8 Å². The first-order valence-corrected chi connectivity index (χ1v) is 7.31. The zero-order chi connectivity index (χ0) is 14.1. The summed E-state index contributed by atoms with van der Waals surface area (Å²) in [5.74, 6) is 0.936. The van der Waals surface area contributed by atoms with Gasteiger partial charge in [0, 0.05) is 22.8 Å². The van der Waals surface area contributed by atoms with Gasteiger partial charge in [0.25, 0.3) is 0 Å². The molecule has 0 unspecified atom stereocenters. The lowest BCUT2D eigenvalue weighted by atomic mass is 9.76. The number of aryl methyl sites for hydroxylation is 1. The molecule has 3 rings (SSSR count). The lowest BCUT2D eigenvalue weighted by Crippen LogP contribution is -2.33. The largest absolute Gasteiger partial charge is 0.508 e. The van der Waals surface area contributed by atoms with E-state index < -0.39 is 0 Å². The molecule has 1 aliphatic carbocycles. The Morgan fingerprint density at radius 2 is 1.95 bits per heavy atom. The highest BCUT2D eigenvalue weighted by Gasteiger charge is 2.30. The van der Waals surface area contributed by atoms with Crippen molar-refractivity contribution in [3.63, 3.8) is 0 Å². The second-order valence-corrected chi connectivity index (χ2v) is 6.00. The minimum absolute atomic E-state index is 0.348. The van der Waals surface area contributed by atoms with Gasteiger partial charge >= 0.3 is 0 Å². The second-order valence-electron chi connectivity index (χ2n) is 5.57. The van der Waals surface area contributed by atoms with Crippen LogP contribution in [0.2, 0.25) is 5.02 Å². The zero-order valence-corrected chi connectivity index (χ0v) is 12.2. The van der Waals surface area contributed by atoms with Gasteiger partial charge in [0.2, 0.25) is 0 Å². The highest BCUT2D eigenvalue weighted by molar-refractivity contribution is 6.30. The summed E-state index contributed by atoms with van der Waals surface area (Å²) >= 11 is 6.02. The molecule has 1 fully saturated rings. The number of hydrogen-bond donors (Lipinski definition) is 2. The van der Waals surface area contributed by atoms with Crippen molar-refractivity contribution in [1.29, 1.82) is 0 Å². The summed E-state index contributed by atoms with van der Waals surface area (Å²) in [6.45, 7) is 1.90. The first kappa shape index (κ1) is 13.3. The third kappa shape index (κ3) is 2.75. The van der Waals surface area contributed by atoms with Crippen LogP contribution in [0, 0.1) is 6.92 Å². The number of halogens is 1. The molecule has 0 radical (unpaired) electrons. The van der Waals surface area contributed by atoms with Gasteiger partial charge < -0.3 is 10.4 Å². The van der Waals surface area contributed by atoms with E-state index in [0.717, 1.165) is 29.1 Å². The van der Waals surface area contributed by atoms with Crippen LogP contribution in [0.25, 0.3) is 0 Å². The van der Waals surface area contributed by atoms with E-state index in [-0.39, 0.29) is 0 Å². The van der Waals surface area contributed by atoms with E-state index in [0.29, 0.717) is 17.7 Å². The van der Waals surface area contributed by atoms with Crippen molar-refractivity contribution in [3.8, 4) is 5.75 Å². The minimum Gasteiger partial charge on any atom is -0.508 e. The van der Waals surface area contributed by atoms with Gasteiger partial charge in [-0.25, -0.2) is 0 Å². The molecule has 0 amide bonds. The third-order valence-corrected chi connectivity index (χ3v) is 4.27. The summed E-state index contributed by atoms with van der Waals surface area (Å²) in [5, 5.41) is 14.0. The van der Waals surface area contributed by atoms with Crippen LogP contribution in [0.1, 0.15) is 29.9 Å². The van der Waals surface area contributed by atoms with Crippen molar-refractivity contribution < 1.29 is 5.11 Å². The maximum absolute atomic E-state index is 9.71. The Balaban J connectivity index is 1.59. The van der Waals surface area contributed by atoms with Crippen molar-refractivity contribution in [1.82, 2.24) is 0 Å². The van der Waals surface area contributed by atoms with Crippen molar-refractivity contribution in [2.75, 3.05) is 5.32 Å². The molecule has 0 atom stereocenters. The number of phenols is 1. The molecule has 2 aromatic carbocycles. The number of anilines is 1.